The molecule has 0 heterocycles. The summed E-state index contributed by atoms with van der Waals surface area (Å²) in [6, 6.07) is 0. The van der Waals surface area contributed by atoms with E-state index in [4.69, 9.17) is 0 Å². The van der Waals surface area contributed by atoms with Crippen molar-refractivity contribution >= 4 is 17.0 Å². The zero-order valence-electron chi connectivity index (χ0n) is 12.9. The molecule has 1 amide bonds. The van der Waals surface area contributed by atoms with Crippen molar-refractivity contribution in [2.45, 2.75) is 18.3 Å². The highest BCUT2D eigenvalue weighted by molar-refractivity contribution is 7.80. The Bertz CT molecular complexity index is 647. The molecule has 0 spiro atoms. The molecule has 24 heavy (non-hydrogen) atoms. The van der Waals surface area contributed by atoms with Crippen LogP contribution in [0.15, 0.2) is 60.3 Å². The Hall–Kier alpha value is -1.93. The molecule has 0 aromatic rings. The van der Waals surface area contributed by atoms with Gasteiger partial charge in [0.1, 0.15) is 0 Å². The molecule has 0 aliphatic heterocycles. The molecule has 132 valence electrons. The van der Waals surface area contributed by atoms with Crippen LogP contribution in [0.25, 0.3) is 0 Å². The van der Waals surface area contributed by atoms with Gasteiger partial charge in [0.25, 0.3) is 0 Å². The maximum absolute atomic E-state index is 13.5. The number of nitrogens with one attached hydrogen (secondary N) is 1. The Morgan fingerprint density at radius 1 is 1.38 bits per heavy atom. The standard InChI is InChI=1S/C16H18F3NO3S/c1-4-6-11-8-12(9-20-10(3)21)14(16(17,18)19)15(24(22)23)13(11)7-5-2/h4-8,14-15H,1-2,9H2,3H3,(H,20,21)(H,22,23)/p-1/b11-6-,13-7+/t14-,15?/m1/s1. The second-order valence-electron chi connectivity index (χ2n) is 5.04. The maximum atomic E-state index is 13.5. The lowest BCUT2D eigenvalue weighted by molar-refractivity contribution is -0.163. The summed E-state index contributed by atoms with van der Waals surface area (Å²) in [5.74, 6) is -2.77. The van der Waals surface area contributed by atoms with Gasteiger partial charge in [-0.25, -0.2) is 0 Å². The molecule has 1 aliphatic rings. The SMILES string of the molecule is C=C/C=C1/C=C(CNC(C)=O)[C@@H](C(F)(F)F)C(S(=O)[O-])/C1=C/C=C. The number of carbonyl (C=O) groups is 1. The van der Waals surface area contributed by atoms with Crippen molar-refractivity contribution < 1.29 is 26.7 Å². The quantitative estimate of drug-likeness (QED) is 0.767. The summed E-state index contributed by atoms with van der Waals surface area (Å²) in [5, 5.41) is 0.455. The first kappa shape index (κ1) is 20.1. The number of amides is 1. The number of alkyl halides is 3. The van der Waals surface area contributed by atoms with Crippen LogP contribution in [0.3, 0.4) is 0 Å². The highest BCUT2D eigenvalue weighted by Crippen LogP contribution is 2.44. The third-order valence-corrected chi connectivity index (χ3v) is 4.32. The lowest BCUT2D eigenvalue weighted by Gasteiger charge is -2.38. The van der Waals surface area contributed by atoms with E-state index in [0.717, 1.165) is 0 Å². The van der Waals surface area contributed by atoms with Gasteiger partial charge >= 0.3 is 6.18 Å². The summed E-state index contributed by atoms with van der Waals surface area (Å²) in [5.41, 5.74) is 0.0216. The van der Waals surface area contributed by atoms with Gasteiger partial charge in [-0.1, -0.05) is 43.5 Å². The van der Waals surface area contributed by atoms with Crippen molar-refractivity contribution in [3.8, 4) is 0 Å². The lowest BCUT2D eigenvalue weighted by atomic mass is 9.80. The molecular formula is C16H17F3NO3S-. The van der Waals surface area contributed by atoms with Gasteiger partial charge in [0.2, 0.25) is 5.91 Å². The lowest BCUT2D eigenvalue weighted by Crippen LogP contribution is -2.44. The summed E-state index contributed by atoms with van der Waals surface area (Å²) in [6.07, 6.45) is 1.66. The maximum Gasteiger partial charge on any atom is 0.396 e. The molecular weight excluding hydrogens is 343 g/mol. The Morgan fingerprint density at radius 2 is 1.96 bits per heavy atom. The number of carbonyl (C=O) groups excluding carboxylic acids is 1. The third kappa shape index (κ3) is 4.78. The second kappa shape index (κ2) is 8.25. The third-order valence-electron chi connectivity index (χ3n) is 3.38. The Morgan fingerprint density at radius 3 is 2.38 bits per heavy atom. The summed E-state index contributed by atoms with van der Waals surface area (Å²) >= 11 is -3.03. The van der Waals surface area contributed by atoms with Crippen molar-refractivity contribution in [3.63, 3.8) is 0 Å². The molecule has 0 aromatic carbocycles. The molecule has 1 rings (SSSR count). The van der Waals surface area contributed by atoms with Crippen molar-refractivity contribution in [1.29, 1.82) is 0 Å². The molecule has 1 aliphatic carbocycles. The first-order chi connectivity index (χ1) is 11.1. The summed E-state index contributed by atoms with van der Waals surface area (Å²) in [4.78, 5) is 11.0. The summed E-state index contributed by atoms with van der Waals surface area (Å²) in [7, 11) is 0. The molecule has 0 bridgehead atoms. The van der Waals surface area contributed by atoms with Gasteiger partial charge in [-0.15, -0.1) is 0 Å². The predicted molar refractivity (Wildman–Crippen MR) is 85.6 cm³/mol. The van der Waals surface area contributed by atoms with E-state index in [1.54, 1.807) is 0 Å². The predicted octanol–water partition coefficient (Wildman–Crippen LogP) is 2.71. The Balaban J connectivity index is 3.60. The molecule has 0 aromatic heterocycles. The number of rotatable bonds is 5. The molecule has 0 radical (unpaired) electrons. The second-order valence-corrected chi connectivity index (χ2v) is 6.07. The molecule has 1 N–H and O–H groups in total. The van der Waals surface area contributed by atoms with Crippen LogP contribution in [0.5, 0.6) is 0 Å². The largest absolute Gasteiger partial charge is 0.772 e. The van der Waals surface area contributed by atoms with Gasteiger partial charge in [-0.05, 0) is 27.8 Å². The molecule has 0 fully saturated rings. The van der Waals surface area contributed by atoms with E-state index < -0.39 is 40.9 Å². The first-order valence-corrected chi connectivity index (χ1v) is 8.02. The number of allylic oxidation sites excluding steroid dienone is 6. The monoisotopic (exact) mass is 360 g/mol. The normalized spacial score (nSPS) is 26.0. The van der Waals surface area contributed by atoms with E-state index in [1.165, 1.54) is 37.3 Å². The molecule has 0 saturated heterocycles. The van der Waals surface area contributed by atoms with E-state index in [0.29, 0.717) is 0 Å². The van der Waals surface area contributed by atoms with Gasteiger partial charge < -0.3 is 9.87 Å². The van der Waals surface area contributed by atoms with Crippen LogP contribution in [0.2, 0.25) is 0 Å². The average molecular weight is 360 g/mol. The van der Waals surface area contributed by atoms with Gasteiger partial charge in [-0.2, -0.15) is 13.2 Å². The van der Waals surface area contributed by atoms with Crippen LogP contribution in [0.1, 0.15) is 6.92 Å². The minimum Gasteiger partial charge on any atom is -0.772 e. The average Bonchev–Trinajstić information content (AvgIpc) is 2.45. The minimum absolute atomic E-state index is 0.0212. The van der Waals surface area contributed by atoms with Gasteiger partial charge in [0, 0.05) is 13.5 Å². The fourth-order valence-corrected chi connectivity index (χ4v) is 3.46. The number of halogens is 3. The topological polar surface area (TPSA) is 69.2 Å². The number of hydrogen-bond donors (Lipinski definition) is 1. The van der Waals surface area contributed by atoms with Gasteiger partial charge in [0.15, 0.2) is 0 Å². The van der Waals surface area contributed by atoms with Crippen LogP contribution < -0.4 is 5.32 Å². The van der Waals surface area contributed by atoms with E-state index >= 15 is 0 Å². The van der Waals surface area contributed by atoms with Crippen molar-refractivity contribution in [3.05, 3.63) is 60.3 Å². The molecule has 3 atom stereocenters. The Labute approximate surface area is 140 Å². The van der Waals surface area contributed by atoms with E-state index in [9.17, 15) is 26.7 Å². The van der Waals surface area contributed by atoms with Crippen LogP contribution >= 0.6 is 0 Å². The Kier molecular flexibility index (Phi) is 6.92. The van der Waals surface area contributed by atoms with Gasteiger partial charge in [0.05, 0.1) is 11.2 Å². The highest BCUT2D eigenvalue weighted by atomic mass is 32.2. The highest BCUT2D eigenvalue weighted by Gasteiger charge is 2.50. The van der Waals surface area contributed by atoms with Crippen molar-refractivity contribution in [2.24, 2.45) is 5.92 Å². The number of hydrogen-bond acceptors (Lipinski definition) is 3. The fraction of sp³-hybridized carbons (Fsp3) is 0.312. The molecule has 8 heteroatoms. The van der Waals surface area contributed by atoms with E-state index in [2.05, 4.69) is 18.5 Å². The zero-order chi connectivity index (χ0) is 18.5. The fourth-order valence-electron chi connectivity index (χ4n) is 2.48. The van der Waals surface area contributed by atoms with Crippen molar-refractivity contribution in [1.82, 2.24) is 5.32 Å². The summed E-state index contributed by atoms with van der Waals surface area (Å²) < 4.78 is 63.8. The summed E-state index contributed by atoms with van der Waals surface area (Å²) in [6.45, 7) is 7.67. The van der Waals surface area contributed by atoms with Crippen LogP contribution in [-0.4, -0.2) is 32.6 Å². The molecule has 0 saturated carbocycles. The molecule has 2 unspecified atom stereocenters. The van der Waals surface area contributed by atoms with Crippen LogP contribution in [0, 0.1) is 5.92 Å². The first-order valence-electron chi connectivity index (χ1n) is 6.88. The van der Waals surface area contributed by atoms with E-state index in [1.807, 2.05) is 0 Å². The van der Waals surface area contributed by atoms with Crippen molar-refractivity contribution in [2.75, 3.05) is 6.54 Å². The van der Waals surface area contributed by atoms with E-state index in [-0.39, 0.29) is 16.7 Å². The van der Waals surface area contributed by atoms with Crippen LogP contribution in [0.4, 0.5) is 13.2 Å². The zero-order valence-corrected chi connectivity index (χ0v) is 13.7. The smallest absolute Gasteiger partial charge is 0.396 e. The minimum atomic E-state index is -4.80. The van der Waals surface area contributed by atoms with Crippen LogP contribution in [-0.2, 0) is 15.9 Å². The van der Waals surface area contributed by atoms with Gasteiger partial charge in [-0.3, -0.25) is 9.00 Å². The molecule has 4 nitrogen and oxygen atoms in total.